The molecule has 0 atom stereocenters. The Morgan fingerprint density at radius 3 is 2.28 bits per heavy atom. The summed E-state index contributed by atoms with van der Waals surface area (Å²) in [4.78, 5) is 12.8. The molecule has 0 fully saturated rings. The maximum Gasteiger partial charge on any atom is 0.231 e. The summed E-state index contributed by atoms with van der Waals surface area (Å²) in [6.07, 6.45) is 1.65. The number of hydrogen-bond donors (Lipinski definition) is 0. The summed E-state index contributed by atoms with van der Waals surface area (Å²) in [5.74, 6) is 2.59. The Morgan fingerprint density at radius 2 is 1.62 bits per heavy atom. The number of ketones is 1. The maximum absolute atomic E-state index is 12.8. The molecule has 0 amide bonds. The van der Waals surface area contributed by atoms with Crippen molar-refractivity contribution in [2.24, 2.45) is 0 Å². The van der Waals surface area contributed by atoms with E-state index in [1.54, 1.807) is 50.6 Å². The number of methoxy groups -OCH3 is 3. The van der Waals surface area contributed by atoms with Gasteiger partial charge in [0.05, 0.1) is 26.9 Å². The molecule has 0 bridgehead atoms. The van der Waals surface area contributed by atoms with E-state index in [4.69, 9.17) is 23.7 Å². The molecule has 0 aliphatic carbocycles. The number of allylic oxidation sites excluding steroid dienone is 1. The van der Waals surface area contributed by atoms with Crippen molar-refractivity contribution >= 4 is 11.9 Å². The molecule has 3 aromatic rings. The zero-order valence-electron chi connectivity index (χ0n) is 18.4. The van der Waals surface area contributed by atoms with E-state index in [0.29, 0.717) is 46.5 Å². The SMILES string of the molecule is COc1cc(C=C2Oc3cc(OCc4ccccc4C)ccc3C2=O)cc(OC)c1OC. The van der Waals surface area contributed by atoms with Crippen LogP contribution in [0.2, 0.25) is 0 Å². The van der Waals surface area contributed by atoms with Gasteiger partial charge in [-0.1, -0.05) is 24.3 Å². The van der Waals surface area contributed by atoms with Gasteiger partial charge in [-0.15, -0.1) is 0 Å². The summed E-state index contributed by atoms with van der Waals surface area (Å²) in [6.45, 7) is 2.48. The summed E-state index contributed by atoms with van der Waals surface area (Å²) >= 11 is 0. The van der Waals surface area contributed by atoms with Crippen LogP contribution in [0.15, 0.2) is 60.4 Å². The molecule has 0 spiro atoms. The molecule has 0 unspecified atom stereocenters. The van der Waals surface area contributed by atoms with Gasteiger partial charge >= 0.3 is 0 Å². The fraction of sp³-hybridized carbons (Fsp3) is 0.192. The number of rotatable bonds is 7. The Kier molecular flexibility index (Phi) is 6.03. The van der Waals surface area contributed by atoms with E-state index in [1.807, 2.05) is 31.2 Å². The number of Topliss-reactive ketones (excluding diaryl/α,β-unsaturated/α-hetero) is 1. The first-order chi connectivity index (χ1) is 15.5. The third kappa shape index (κ3) is 4.12. The molecule has 0 saturated carbocycles. The van der Waals surface area contributed by atoms with Crippen molar-refractivity contribution in [1.82, 2.24) is 0 Å². The molecule has 1 aliphatic rings. The normalized spacial score (nSPS) is 13.5. The predicted octanol–water partition coefficient (Wildman–Crippen LogP) is 5.22. The summed E-state index contributed by atoms with van der Waals surface area (Å²) in [7, 11) is 4.62. The number of carbonyl (C=O) groups excluding carboxylic acids is 1. The number of carbonyl (C=O) groups is 1. The second-order valence-electron chi connectivity index (χ2n) is 7.27. The van der Waals surface area contributed by atoms with Gasteiger partial charge in [-0.25, -0.2) is 0 Å². The topological polar surface area (TPSA) is 63.2 Å². The van der Waals surface area contributed by atoms with Gasteiger partial charge in [0, 0.05) is 6.07 Å². The van der Waals surface area contributed by atoms with E-state index in [9.17, 15) is 4.79 Å². The van der Waals surface area contributed by atoms with Crippen LogP contribution in [0.4, 0.5) is 0 Å². The summed E-state index contributed by atoms with van der Waals surface area (Å²) in [5.41, 5.74) is 3.45. The number of aryl methyl sites for hydroxylation is 1. The molecular weight excluding hydrogens is 408 g/mol. The van der Waals surface area contributed by atoms with Gasteiger partial charge in [0.2, 0.25) is 11.5 Å². The van der Waals surface area contributed by atoms with Crippen molar-refractivity contribution in [3.8, 4) is 28.7 Å². The Bertz CT molecular complexity index is 1170. The minimum atomic E-state index is -0.195. The molecule has 0 radical (unpaired) electrons. The van der Waals surface area contributed by atoms with Crippen LogP contribution < -0.4 is 23.7 Å². The Labute approximate surface area is 186 Å². The Morgan fingerprint density at radius 1 is 0.906 bits per heavy atom. The van der Waals surface area contributed by atoms with Crippen molar-refractivity contribution in [1.29, 1.82) is 0 Å². The van der Waals surface area contributed by atoms with Gasteiger partial charge < -0.3 is 23.7 Å². The molecule has 3 aromatic carbocycles. The first-order valence-corrected chi connectivity index (χ1v) is 10.1. The van der Waals surface area contributed by atoms with Crippen molar-refractivity contribution in [3.63, 3.8) is 0 Å². The van der Waals surface area contributed by atoms with Gasteiger partial charge in [-0.05, 0) is 54.0 Å². The van der Waals surface area contributed by atoms with Crippen molar-refractivity contribution in [2.45, 2.75) is 13.5 Å². The van der Waals surface area contributed by atoms with Gasteiger partial charge in [-0.2, -0.15) is 0 Å². The van der Waals surface area contributed by atoms with Crippen LogP contribution in [0, 0.1) is 6.92 Å². The fourth-order valence-electron chi connectivity index (χ4n) is 3.53. The highest BCUT2D eigenvalue weighted by atomic mass is 16.5. The lowest BCUT2D eigenvalue weighted by atomic mass is 10.1. The van der Waals surface area contributed by atoms with Gasteiger partial charge in [-0.3, -0.25) is 4.79 Å². The Hall–Kier alpha value is -3.93. The molecule has 6 heteroatoms. The maximum atomic E-state index is 12.8. The molecule has 32 heavy (non-hydrogen) atoms. The monoisotopic (exact) mass is 432 g/mol. The zero-order valence-corrected chi connectivity index (χ0v) is 18.4. The highest BCUT2D eigenvalue weighted by Gasteiger charge is 2.28. The van der Waals surface area contributed by atoms with Gasteiger partial charge in [0.1, 0.15) is 18.1 Å². The smallest absolute Gasteiger partial charge is 0.231 e. The van der Waals surface area contributed by atoms with Crippen molar-refractivity contribution < 1.29 is 28.5 Å². The lowest BCUT2D eigenvalue weighted by molar-refractivity contribution is 0.101. The molecule has 4 rings (SSSR count). The van der Waals surface area contributed by atoms with E-state index in [2.05, 4.69) is 0 Å². The average Bonchev–Trinajstić information content (AvgIpc) is 3.12. The second-order valence-corrected chi connectivity index (χ2v) is 7.27. The van der Waals surface area contributed by atoms with Crippen molar-refractivity contribution in [3.05, 3.63) is 82.6 Å². The number of hydrogen-bond acceptors (Lipinski definition) is 6. The predicted molar refractivity (Wildman–Crippen MR) is 121 cm³/mol. The minimum absolute atomic E-state index is 0.195. The van der Waals surface area contributed by atoms with Crippen molar-refractivity contribution in [2.75, 3.05) is 21.3 Å². The molecule has 0 aromatic heterocycles. The lowest BCUT2D eigenvalue weighted by Gasteiger charge is -2.13. The first kappa shape index (κ1) is 21.3. The average molecular weight is 432 g/mol. The van der Waals surface area contributed by atoms with Crippen LogP contribution in [0.5, 0.6) is 28.7 Å². The fourth-order valence-corrected chi connectivity index (χ4v) is 3.53. The minimum Gasteiger partial charge on any atom is -0.493 e. The van der Waals surface area contributed by atoms with Gasteiger partial charge in [0.15, 0.2) is 17.3 Å². The van der Waals surface area contributed by atoms with E-state index >= 15 is 0 Å². The quantitative estimate of drug-likeness (QED) is 0.477. The summed E-state index contributed by atoms with van der Waals surface area (Å²) in [6, 6.07) is 16.8. The molecule has 1 heterocycles. The van der Waals surface area contributed by atoms with E-state index in [0.717, 1.165) is 11.1 Å². The van der Waals surface area contributed by atoms with Crippen LogP contribution >= 0.6 is 0 Å². The second kappa shape index (κ2) is 9.06. The first-order valence-electron chi connectivity index (χ1n) is 10.1. The van der Waals surface area contributed by atoms with E-state index < -0.39 is 0 Å². The van der Waals surface area contributed by atoms with Crippen LogP contribution in [-0.2, 0) is 6.61 Å². The van der Waals surface area contributed by atoms with E-state index in [-0.39, 0.29) is 11.5 Å². The molecule has 0 N–H and O–H groups in total. The number of benzene rings is 3. The largest absolute Gasteiger partial charge is 0.493 e. The standard InChI is InChI=1S/C26H24O6/c1-16-7-5-6-8-18(16)15-31-19-9-10-20-21(14-19)32-22(25(20)27)11-17-12-23(28-2)26(30-4)24(13-17)29-3/h5-14H,15H2,1-4H3. The third-order valence-corrected chi connectivity index (χ3v) is 5.28. The van der Waals surface area contributed by atoms with Crippen LogP contribution in [0.25, 0.3) is 6.08 Å². The molecule has 1 aliphatic heterocycles. The third-order valence-electron chi connectivity index (χ3n) is 5.28. The molecule has 6 nitrogen and oxygen atoms in total. The zero-order chi connectivity index (χ0) is 22.7. The Balaban J connectivity index is 1.57. The highest BCUT2D eigenvalue weighted by molar-refractivity contribution is 6.14. The number of ether oxygens (including phenoxy) is 5. The van der Waals surface area contributed by atoms with Crippen LogP contribution in [0.1, 0.15) is 27.0 Å². The van der Waals surface area contributed by atoms with Gasteiger partial charge in [0.25, 0.3) is 0 Å². The molecule has 0 saturated heterocycles. The van der Waals surface area contributed by atoms with Crippen LogP contribution in [-0.4, -0.2) is 27.1 Å². The molecular formula is C26H24O6. The molecule has 164 valence electrons. The lowest BCUT2D eigenvalue weighted by Crippen LogP contribution is -1.99. The summed E-state index contributed by atoms with van der Waals surface area (Å²) < 4.78 is 27.9. The number of fused-ring (bicyclic) bond motifs is 1. The highest BCUT2D eigenvalue weighted by Crippen LogP contribution is 2.40. The summed E-state index contributed by atoms with van der Waals surface area (Å²) in [5, 5.41) is 0. The van der Waals surface area contributed by atoms with E-state index in [1.165, 1.54) is 7.11 Å². The van der Waals surface area contributed by atoms with Crippen LogP contribution in [0.3, 0.4) is 0 Å².